The Kier molecular flexibility index (Phi) is 4.75. The smallest absolute Gasteiger partial charge is 0.414 e. The molecular formula is C18H18FN3O4. The first-order chi connectivity index (χ1) is 12.4. The van der Waals surface area contributed by atoms with E-state index in [2.05, 4.69) is 4.98 Å². The third kappa shape index (κ3) is 3.30. The Hall–Kier alpha value is -3.16. The van der Waals surface area contributed by atoms with Crippen LogP contribution >= 0.6 is 0 Å². The van der Waals surface area contributed by atoms with E-state index in [1.54, 1.807) is 31.2 Å². The Labute approximate surface area is 149 Å². The largest absolute Gasteiger partial charge is 0.481 e. The lowest BCUT2D eigenvalue weighted by Crippen LogP contribution is -2.34. The normalized spacial score (nSPS) is 17.7. The van der Waals surface area contributed by atoms with Gasteiger partial charge in [-0.25, -0.2) is 14.2 Å². The van der Waals surface area contributed by atoms with E-state index in [4.69, 9.17) is 15.2 Å². The number of aromatic nitrogens is 1. The molecule has 3 rings (SSSR count). The Morgan fingerprint density at radius 1 is 1.42 bits per heavy atom. The zero-order chi connectivity index (χ0) is 18.8. The van der Waals surface area contributed by atoms with Crippen LogP contribution in [0.15, 0.2) is 36.5 Å². The summed E-state index contributed by atoms with van der Waals surface area (Å²) in [4.78, 5) is 28.7. The summed E-state index contributed by atoms with van der Waals surface area (Å²) in [5, 5.41) is 0. The zero-order valence-corrected chi connectivity index (χ0v) is 14.3. The van der Waals surface area contributed by atoms with Crippen LogP contribution in [0.25, 0.3) is 11.1 Å². The number of hydrogen-bond acceptors (Lipinski definition) is 5. The van der Waals surface area contributed by atoms with E-state index in [0.29, 0.717) is 22.7 Å². The minimum absolute atomic E-state index is 0.131. The van der Waals surface area contributed by atoms with Gasteiger partial charge in [-0.05, 0) is 31.2 Å². The number of halogens is 1. The van der Waals surface area contributed by atoms with Crippen LogP contribution in [0.4, 0.5) is 14.9 Å². The van der Waals surface area contributed by atoms with Crippen molar-refractivity contribution in [3.63, 3.8) is 0 Å². The third-order valence-corrected chi connectivity index (χ3v) is 4.36. The SMILES string of the molecule is COc1ccc(-c2ccc(N3CC(C(C)C(N)=O)OC3=O)cc2F)cn1. The molecule has 0 saturated carbocycles. The highest BCUT2D eigenvalue weighted by atomic mass is 19.1. The summed E-state index contributed by atoms with van der Waals surface area (Å²) in [5.74, 6) is -1.26. The van der Waals surface area contributed by atoms with Crippen molar-refractivity contribution in [1.82, 2.24) is 4.98 Å². The number of amides is 2. The molecule has 2 unspecified atom stereocenters. The summed E-state index contributed by atoms with van der Waals surface area (Å²) in [6.07, 6.45) is 0.209. The average Bonchev–Trinajstić information content (AvgIpc) is 3.02. The average molecular weight is 359 g/mol. The van der Waals surface area contributed by atoms with E-state index in [9.17, 15) is 14.0 Å². The second kappa shape index (κ2) is 6.99. The maximum atomic E-state index is 14.6. The first-order valence-corrected chi connectivity index (χ1v) is 7.98. The maximum absolute atomic E-state index is 14.6. The number of carbonyl (C=O) groups excluding carboxylic acids is 2. The number of anilines is 1. The molecule has 1 saturated heterocycles. The molecule has 2 amide bonds. The van der Waals surface area contributed by atoms with Crippen molar-refractivity contribution in [3.8, 4) is 17.0 Å². The number of pyridine rings is 1. The molecule has 0 spiro atoms. The van der Waals surface area contributed by atoms with Crippen molar-refractivity contribution in [1.29, 1.82) is 0 Å². The fourth-order valence-electron chi connectivity index (χ4n) is 2.71. The van der Waals surface area contributed by atoms with Crippen LogP contribution in [0.5, 0.6) is 5.88 Å². The van der Waals surface area contributed by atoms with Crippen molar-refractivity contribution < 1.29 is 23.5 Å². The molecule has 136 valence electrons. The number of cyclic esters (lactones) is 1. The molecule has 8 heteroatoms. The number of rotatable bonds is 5. The molecule has 0 bridgehead atoms. The second-order valence-corrected chi connectivity index (χ2v) is 5.98. The van der Waals surface area contributed by atoms with Crippen molar-refractivity contribution in [2.24, 2.45) is 11.7 Å². The summed E-state index contributed by atoms with van der Waals surface area (Å²) in [7, 11) is 1.50. The van der Waals surface area contributed by atoms with E-state index in [1.807, 2.05) is 0 Å². The molecule has 1 fully saturated rings. The molecular weight excluding hydrogens is 341 g/mol. The van der Waals surface area contributed by atoms with Gasteiger partial charge in [-0.3, -0.25) is 9.69 Å². The Morgan fingerprint density at radius 3 is 2.77 bits per heavy atom. The van der Waals surface area contributed by atoms with Gasteiger partial charge in [-0.2, -0.15) is 0 Å². The minimum Gasteiger partial charge on any atom is -0.481 e. The lowest BCUT2D eigenvalue weighted by molar-refractivity contribution is -0.123. The first-order valence-electron chi connectivity index (χ1n) is 7.98. The van der Waals surface area contributed by atoms with Gasteiger partial charge in [0, 0.05) is 23.4 Å². The predicted molar refractivity (Wildman–Crippen MR) is 92.2 cm³/mol. The van der Waals surface area contributed by atoms with E-state index < -0.39 is 29.8 Å². The molecule has 26 heavy (non-hydrogen) atoms. The van der Waals surface area contributed by atoms with Gasteiger partial charge in [0.25, 0.3) is 0 Å². The molecule has 2 aromatic rings. The first kappa shape index (κ1) is 17.7. The van der Waals surface area contributed by atoms with Crippen LogP contribution in [0.2, 0.25) is 0 Å². The number of methoxy groups -OCH3 is 1. The molecule has 0 radical (unpaired) electrons. The number of nitrogens with two attached hydrogens (primary N) is 1. The standard InChI is InChI=1S/C18H18FN3O4/c1-10(17(20)23)15-9-22(18(24)26-15)12-4-5-13(14(19)7-12)11-3-6-16(25-2)21-8-11/h3-8,10,15H,9H2,1-2H3,(H2,20,23). The van der Waals surface area contributed by atoms with Gasteiger partial charge in [0.15, 0.2) is 0 Å². The molecule has 1 aliphatic rings. The van der Waals surface area contributed by atoms with E-state index in [-0.39, 0.29) is 6.54 Å². The van der Waals surface area contributed by atoms with Crippen LogP contribution in [-0.2, 0) is 9.53 Å². The summed E-state index contributed by atoms with van der Waals surface area (Å²) >= 11 is 0. The number of ether oxygens (including phenoxy) is 2. The van der Waals surface area contributed by atoms with E-state index >= 15 is 0 Å². The predicted octanol–water partition coefficient (Wildman–Crippen LogP) is 2.34. The van der Waals surface area contributed by atoms with Crippen molar-refractivity contribution in [2.75, 3.05) is 18.6 Å². The molecule has 2 heterocycles. The van der Waals surface area contributed by atoms with Crippen LogP contribution in [0.1, 0.15) is 6.92 Å². The summed E-state index contributed by atoms with van der Waals surface area (Å²) in [5.41, 5.74) is 6.52. The monoisotopic (exact) mass is 359 g/mol. The van der Waals surface area contributed by atoms with E-state index in [1.165, 1.54) is 24.3 Å². The molecule has 2 atom stereocenters. The van der Waals surface area contributed by atoms with Gasteiger partial charge >= 0.3 is 6.09 Å². The number of benzene rings is 1. The highest BCUT2D eigenvalue weighted by molar-refractivity contribution is 5.91. The van der Waals surface area contributed by atoms with Gasteiger partial charge in [-0.1, -0.05) is 0 Å². The fourth-order valence-corrected chi connectivity index (χ4v) is 2.71. The number of primary amides is 1. The summed E-state index contributed by atoms with van der Waals surface area (Å²) in [6.45, 7) is 1.72. The quantitative estimate of drug-likeness (QED) is 0.884. The van der Waals surface area contributed by atoms with Gasteiger partial charge in [-0.15, -0.1) is 0 Å². The van der Waals surface area contributed by atoms with Crippen LogP contribution in [-0.4, -0.2) is 36.7 Å². The molecule has 0 aliphatic carbocycles. The zero-order valence-electron chi connectivity index (χ0n) is 14.3. The summed E-state index contributed by atoms with van der Waals surface area (Å²) < 4.78 is 24.7. The summed E-state index contributed by atoms with van der Waals surface area (Å²) in [6, 6.07) is 7.75. The number of nitrogens with zero attached hydrogens (tertiary/aromatic N) is 2. The lowest BCUT2D eigenvalue weighted by Gasteiger charge is -2.15. The van der Waals surface area contributed by atoms with E-state index in [0.717, 1.165) is 0 Å². The Morgan fingerprint density at radius 2 is 2.19 bits per heavy atom. The minimum atomic E-state index is -0.659. The molecule has 7 nitrogen and oxygen atoms in total. The van der Waals surface area contributed by atoms with Crippen LogP contribution in [0.3, 0.4) is 0 Å². The van der Waals surface area contributed by atoms with Gasteiger partial charge in [0.1, 0.15) is 11.9 Å². The van der Waals surface area contributed by atoms with Gasteiger partial charge < -0.3 is 15.2 Å². The second-order valence-electron chi connectivity index (χ2n) is 5.98. The maximum Gasteiger partial charge on any atom is 0.414 e. The van der Waals surface area contributed by atoms with Crippen molar-refractivity contribution >= 4 is 17.7 Å². The van der Waals surface area contributed by atoms with Crippen LogP contribution < -0.4 is 15.4 Å². The topological polar surface area (TPSA) is 94.8 Å². The Bertz CT molecular complexity index is 841. The molecule has 1 aliphatic heterocycles. The third-order valence-electron chi connectivity index (χ3n) is 4.36. The van der Waals surface area contributed by atoms with Crippen molar-refractivity contribution in [3.05, 3.63) is 42.3 Å². The van der Waals surface area contributed by atoms with Crippen LogP contribution in [0, 0.1) is 11.7 Å². The highest BCUT2D eigenvalue weighted by Gasteiger charge is 2.37. The molecule has 1 aromatic carbocycles. The Balaban J connectivity index is 1.83. The van der Waals surface area contributed by atoms with Gasteiger partial charge in [0.2, 0.25) is 11.8 Å². The highest BCUT2D eigenvalue weighted by Crippen LogP contribution is 2.30. The molecule has 2 N–H and O–H groups in total. The fraction of sp³-hybridized carbons (Fsp3) is 0.278. The van der Waals surface area contributed by atoms with Crippen molar-refractivity contribution in [2.45, 2.75) is 13.0 Å². The number of hydrogen-bond donors (Lipinski definition) is 1. The van der Waals surface area contributed by atoms with Gasteiger partial charge in [0.05, 0.1) is 25.3 Å². The lowest BCUT2D eigenvalue weighted by atomic mass is 10.0. The number of carbonyl (C=O) groups is 2. The molecule has 1 aromatic heterocycles.